The van der Waals surface area contributed by atoms with Crippen LogP contribution in [0.3, 0.4) is 0 Å². The van der Waals surface area contributed by atoms with Gasteiger partial charge in [0.15, 0.2) is 0 Å². The number of hydrogen-bond donors (Lipinski definition) is 0. The summed E-state index contributed by atoms with van der Waals surface area (Å²) in [6.07, 6.45) is 32.9. The van der Waals surface area contributed by atoms with E-state index in [0.29, 0.717) is 0 Å². The van der Waals surface area contributed by atoms with Crippen molar-refractivity contribution >= 4 is 0 Å². The number of halogens is 2. The van der Waals surface area contributed by atoms with Crippen molar-refractivity contribution in [3.63, 3.8) is 0 Å². The summed E-state index contributed by atoms with van der Waals surface area (Å²) < 4.78 is 12.9. The van der Waals surface area contributed by atoms with Crippen LogP contribution in [0.4, 0.5) is 0 Å². The molecular formula is C40H58Cl2O2Ti2. The van der Waals surface area contributed by atoms with Crippen molar-refractivity contribution in [1.29, 1.82) is 0 Å². The molecule has 0 aromatic carbocycles. The summed E-state index contributed by atoms with van der Waals surface area (Å²) in [5.41, 5.74) is 4.73. The molecule has 0 bridgehead atoms. The molecule has 0 radical (unpaired) electrons. The maximum absolute atomic E-state index is 6.47. The van der Waals surface area contributed by atoms with Gasteiger partial charge in [0.1, 0.15) is 0 Å². The fraction of sp³-hybridized carbons (Fsp3) is 0.600. The molecule has 0 saturated heterocycles. The molecule has 0 saturated carbocycles. The molecule has 0 N–H and O–H groups in total. The summed E-state index contributed by atoms with van der Waals surface area (Å²) in [7, 11) is 0. The van der Waals surface area contributed by atoms with Crippen LogP contribution in [-0.2, 0) is 52.9 Å². The van der Waals surface area contributed by atoms with E-state index in [4.69, 9.17) is 9.47 Å². The fourth-order valence-electron chi connectivity index (χ4n) is 7.41. The standard InChI is InChI=1S/2C20H29O.2ClH.2Ti/c2*1-7-21-20(19(5,6)16-12-8-9-13-16)15-11-10-14-17(20)18(2,3)4;;;;/h2*8,10-12,14H,7,9,15H2,1-6H3;2*1H;;/q2*-1;;;2*+2/p-2. The summed E-state index contributed by atoms with van der Waals surface area (Å²) in [6, 6.07) is 0. The predicted octanol–water partition coefficient (Wildman–Crippen LogP) is 4.82. The summed E-state index contributed by atoms with van der Waals surface area (Å²) in [5, 5.41) is 0. The molecular weight excluding hydrogens is 679 g/mol. The Morgan fingerprint density at radius 2 is 0.913 bits per heavy atom. The van der Waals surface area contributed by atoms with Crippen molar-refractivity contribution in [3.05, 3.63) is 95.2 Å². The van der Waals surface area contributed by atoms with Crippen LogP contribution >= 0.6 is 0 Å². The largest absolute Gasteiger partial charge is 2.00 e. The molecule has 4 aliphatic rings. The molecule has 4 aliphatic carbocycles. The first-order valence-electron chi connectivity index (χ1n) is 16.1. The van der Waals surface area contributed by atoms with Gasteiger partial charge in [0.05, 0.1) is 11.2 Å². The van der Waals surface area contributed by atoms with Gasteiger partial charge in [0.25, 0.3) is 0 Å². The number of hydrogen-bond acceptors (Lipinski definition) is 2. The topological polar surface area (TPSA) is 18.5 Å². The summed E-state index contributed by atoms with van der Waals surface area (Å²) in [6.45, 7) is 28.6. The van der Waals surface area contributed by atoms with Crippen LogP contribution in [0.25, 0.3) is 0 Å². The van der Waals surface area contributed by atoms with E-state index in [0.717, 1.165) is 38.9 Å². The second kappa shape index (κ2) is 18.7. The molecule has 2 nitrogen and oxygen atoms in total. The molecule has 0 spiro atoms. The Morgan fingerprint density at radius 3 is 1.15 bits per heavy atom. The first-order valence-corrected chi connectivity index (χ1v) is 16.1. The van der Waals surface area contributed by atoms with Crippen molar-refractivity contribution in [1.82, 2.24) is 0 Å². The van der Waals surface area contributed by atoms with E-state index in [1.54, 1.807) is 0 Å². The second-order valence-corrected chi connectivity index (χ2v) is 15.1. The quantitative estimate of drug-likeness (QED) is 0.263. The molecule has 0 heterocycles. The van der Waals surface area contributed by atoms with Crippen molar-refractivity contribution in [2.75, 3.05) is 13.2 Å². The third-order valence-electron chi connectivity index (χ3n) is 9.63. The van der Waals surface area contributed by atoms with Gasteiger partial charge < -0.3 is 34.3 Å². The van der Waals surface area contributed by atoms with Crippen LogP contribution in [0.1, 0.15) is 109 Å². The van der Waals surface area contributed by atoms with E-state index < -0.39 is 0 Å². The van der Waals surface area contributed by atoms with Gasteiger partial charge in [-0.3, -0.25) is 12.2 Å². The Morgan fingerprint density at radius 1 is 0.587 bits per heavy atom. The van der Waals surface area contributed by atoms with Gasteiger partial charge >= 0.3 is 43.4 Å². The monoisotopic (exact) mass is 736 g/mol. The third-order valence-corrected chi connectivity index (χ3v) is 9.63. The first-order chi connectivity index (χ1) is 19.5. The van der Waals surface area contributed by atoms with Gasteiger partial charge in [-0.15, -0.1) is 12.8 Å². The molecule has 0 aliphatic heterocycles. The molecule has 0 amide bonds. The van der Waals surface area contributed by atoms with Gasteiger partial charge in [0.2, 0.25) is 0 Å². The third kappa shape index (κ3) is 9.54. The van der Waals surface area contributed by atoms with E-state index in [9.17, 15) is 0 Å². The second-order valence-electron chi connectivity index (χ2n) is 15.1. The SMILES string of the molecule is CCOC1(C(C)(C)C2=[C-]CC=C2)CC=CC=C1C(C)(C)C.CCOC1(C(C)(C)C2=[C-]CC=C2)CC=CC=C1C(C)(C)C.[Cl-].[Cl-].[Ti+2].[Ti+2]. The molecule has 46 heavy (non-hydrogen) atoms. The predicted molar refractivity (Wildman–Crippen MR) is 180 cm³/mol. The van der Waals surface area contributed by atoms with E-state index in [2.05, 4.69) is 156 Å². The minimum Gasteiger partial charge on any atom is -1.00 e. The van der Waals surface area contributed by atoms with Crippen LogP contribution < -0.4 is 24.8 Å². The molecule has 0 aromatic rings. The maximum atomic E-state index is 6.47. The van der Waals surface area contributed by atoms with Gasteiger partial charge in [-0.2, -0.15) is 12.2 Å². The van der Waals surface area contributed by atoms with Crippen molar-refractivity contribution < 1.29 is 77.7 Å². The Bertz CT molecular complexity index is 1140. The van der Waals surface area contributed by atoms with E-state index in [1.807, 2.05) is 0 Å². The Balaban J connectivity index is 0. The molecule has 0 fully saturated rings. The maximum Gasteiger partial charge on any atom is 2.00 e. The van der Waals surface area contributed by atoms with Crippen molar-refractivity contribution in [2.45, 2.75) is 120 Å². The van der Waals surface area contributed by atoms with E-state index in [1.165, 1.54) is 22.3 Å². The summed E-state index contributed by atoms with van der Waals surface area (Å²) in [4.78, 5) is 0. The van der Waals surface area contributed by atoms with Crippen molar-refractivity contribution in [2.24, 2.45) is 21.7 Å². The van der Waals surface area contributed by atoms with Crippen molar-refractivity contribution in [3.8, 4) is 0 Å². The van der Waals surface area contributed by atoms with Crippen LogP contribution in [0.15, 0.2) is 83.1 Å². The Kier molecular flexibility index (Phi) is 19.5. The van der Waals surface area contributed by atoms with Crippen LogP contribution in [0.5, 0.6) is 0 Å². The molecule has 2 unspecified atom stereocenters. The van der Waals surface area contributed by atoms with Gasteiger partial charge in [-0.1, -0.05) is 106 Å². The smallest absolute Gasteiger partial charge is 1.00 e. The van der Waals surface area contributed by atoms with E-state index in [-0.39, 0.29) is 101 Å². The molecule has 2 atom stereocenters. The molecule has 252 valence electrons. The van der Waals surface area contributed by atoms with Gasteiger partial charge in [-0.25, -0.2) is 23.3 Å². The first kappa shape index (κ1) is 48.0. The molecule has 4 rings (SSSR count). The zero-order valence-electron chi connectivity index (χ0n) is 30.6. The number of allylic oxidation sites excluding steroid dienone is 10. The zero-order chi connectivity index (χ0) is 31.5. The number of ether oxygens (including phenoxy) is 2. The zero-order valence-corrected chi connectivity index (χ0v) is 35.2. The molecule has 0 aromatic heterocycles. The van der Waals surface area contributed by atoms with Crippen LogP contribution in [0.2, 0.25) is 0 Å². The van der Waals surface area contributed by atoms with E-state index >= 15 is 0 Å². The van der Waals surface area contributed by atoms with Gasteiger partial charge in [-0.05, 0) is 59.5 Å². The minimum atomic E-state index is -0.286. The van der Waals surface area contributed by atoms with Crippen LogP contribution in [-0.4, -0.2) is 24.4 Å². The fourth-order valence-corrected chi connectivity index (χ4v) is 7.41. The Labute approximate surface area is 325 Å². The summed E-state index contributed by atoms with van der Waals surface area (Å²) >= 11 is 0. The minimum absolute atomic E-state index is 0. The van der Waals surface area contributed by atoms with Gasteiger partial charge in [0, 0.05) is 13.2 Å². The average molecular weight is 738 g/mol. The Hall–Kier alpha value is -0.151. The summed E-state index contributed by atoms with van der Waals surface area (Å²) in [5.74, 6) is 0. The van der Waals surface area contributed by atoms with Crippen LogP contribution in [0, 0.1) is 33.8 Å². The average Bonchev–Trinajstić information content (AvgIpc) is 3.64. The number of rotatable bonds is 8. The normalized spacial score (nSPS) is 23.7. The molecule has 6 heteroatoms.